The van der Waals surface area contributed by atoms with E-state index in [1.54, 1.807) is 19.1 Å². The summed E-state index contributed by atoms with van der Waals surface area (Å²) in [5, 5.41) is 3.14. The van der Waals surface area contributed by atoms with E-state index in [-0.39, 0.29) is 22.9 Å². The van der Waals surface area contributed by atoms with Gasteiger partial charge in [-0.3, -0.25) is 0 Å². The number of hydrogen-bond donors (Lipinski definition) is 1. The summed E-state index contributed by atoms with van der Waals surface area (Å²) in [6.45, 7) is 3.67. The number of methoxy groups -OCH3 is 1. The van der Waals surface area contributed by atoms with Crippen LogP contribution in [0, 0.1) is 12.8 Å². The van der Waals surface area contributed by atoms with Gasteiger partial charge in [-0.2, -0.15) is 4.31 Å². The summed E-state index contributed by atoms with van der Waals surface area (Å²) in [7, 11) is -0.402. The largest absolute Gasteiger partial charge is 0.465 e. The summed E-state index contributed by atoms with van der Waals surface area (Å²) in [6.07, 6.45) is 1.69. The first-order chi connectivity index (χ1) is 10.9. The summed E-state index contributed by atoms with van der Waals surface area (Å²) in [5.41, 5.74) is 0.886. The second kappa shape index (κ2) is 8.80. The van der Waals surface area contributed by atoms with Gasteiger partial charge >= 0.3 is 5.97 Å². The number of ether oxygens (including phenoxy) is 1. The number of carbonyl (C=O) groups excluding carboxylic acids is 1. The Labute approximate surface area is 150 Å². The Kier molecular flexibility index (Phi) is 7.66. The number of rotatable bonds is 5. The number of carbonyl (C=O) groups is 1. The van der Waals surface area contributed by atoms with E-state index >= 15 is 0 Å². The molecule has 0 amide bonds. The lowest BCUT2D eigenvalue weighted by Crippen LogP contribution is -2.40. The molecule has 1 saturated heterocycles. The summed E-state index contributed by atoms with van der Waals surface area (Å²) in [4.78, 5) is 11.8. The van der Waals surface area contributed by atoms with Crippen molar-refractivity contribution in [3.8, 4) is 0 Å². The number of esters is 1. The van der Waals surface area contributed by atoms with Gasteiger partial charge in [-0.15, -0.1) is 12.4 Å². The topological polar surface area (TPSA) is 75.7 Å². The predicted octanol–water partition coefficient (Wildman–Crippen LogP) is 1.82. The van der Waals surface area contributed by atoms with Gasteiger partial charge in [0.25, 0.3) is 0 Å². The van der Waals surface area contributed by atoms with E-state index in [4.69, 9.17) is 0 Å². The third kappa shape index (κ3) is 4.47. The van der Waals surface area contributed by atoms with Crippen molar-refractivity contribution in [3.63, 3.8) is 0 Å². The van der Waals surface area contributed by atoms with Crippen LogP contribution < -0.4 is 5.32 Å². The number of halogens is 1. The van der Waals surface area contributed by atoms with Gasteiger partial charge in [0, 0.05) is 13.1 Å². The maximum Gasteiger partial charge on any atom is 0.337 e. The minimum absolute atomic E-state index is 0. The molecule has 0 saturated carbocycles. The maximum atomic E-state index is 12.9. The molecular weight excluding hydrogens is 352 g/mol. The molecule has 1 aliphatic heterocycles. The number of sulfonamides is 1. The molecule has 2 rings (SSSR count). The Hall–Kier alpha value is -1.15. The van der Waals surface area contributed by atoms with E-state index in [2.05, 4.69) is 10.1 Å². The number of aryl methyl sites for hydroxylation is 1. The molecule has 0 aromatic heterocycles. The van der Waals surface area contributed by atoms with Crippen LogP contribution in [0.5, 0.6) is 0 Å². The van der Waals surface area contributed by atoms with E-state index in [1.165, 1.54) is 17.5 Å². The Balaban J connectivity index is 0.00000288. The van der Waals surface area contributed by atoms with E-state index < -0.39 is 16.0 Å². The van der Waals surface area contributed by atoms with Crippen LogP contribution in [-0.4, -0.2) is 52.5 Å². The number of hydrogen-bond acceptors (Lipinski definition) is 5. The summed E-state index contributed by atoms with van der Waals surface area (Å²) < 4.78 is 32.0. The molecule has 1 fully saturated rings. The third-order valence-corrected chi connectivity index (χ3v) is 6.33. The van der Waals surface area contributed by atoms with Gasteiger partial charge in [0.2, 0.25) is 10.0 Å². The van der Waals surface area contributed by atoms with Crippen LogP contribution in [0.3, 0.4) is 0 Å². The maximum absolute atomic E-state index is 12.9. The van der Waals surface area contributed by atoms with Crippen molar-refractivity contribution in [3.05, 3.63) is 29.3 Å². The Morgan fingerprint density at radius 1 is 1.33 bits per heavy atom. The van der Waals surface area contributed by atoms with Crippen LogP contribution in [0.1, 0.15) is 28.8 Å². The second-order valence-corrected chi connectivity index (χ2v) is 7.78. The van der Waals surface area contributed by atoms with Crippen molar-refractivity contribution in [2.75, 3.05) is 33.8 Å². The van der Waals surface area contributed by atoms with Gasteiger partial charge < -0.3 is 10.1 Å². The summed E-state index contributed by atoms with van der Waals surface area (Å²) >= 11 is 0. The molecule has 6 nitrogen and oxygen atoms in total. The molecule has 0 unspecified atom stereocenters. The van der Waals surface area contributed by atoms with E-state index in [0.29, 0.717) is 24.6 Å². The highest BCUT2D eigenvalue weighted by molar-refractivity contribution is 7.89. The van der Waals surface area contributed by atoms with Gasteiger partial charge in [-0.1, -0.05) is 6.07 Å². The van der Waals surface area contributed by atoms with Crippen molar-refractivity contribution < 1.29 is 17.9 Å². The number of piperidine rings is 1. The standard InChI is InChI=1S/C16H24N2O4S.ClH/c1-12-4-5-14(16(19)22-3)10-15(12)23(20,21)18-8-6-13(7-9-18)11-17-2;/h4-5,10,13,17H,6-9,11H2,1-3H3;1H. The molecule has 24 heavy (non-hydrogen) atoms. The van der Waals surface area contributed by atoms with Crippen LogP contribution in [0.4, 0.5) is 0 Å². The Bertz CT molecular complexity index is 671. The second-order valence-electron chi connectivity index (χ2n) is 5.88. The highest BCUT2D eigenvalue weighted by Crippen LogP contribution is 2.26. The van der Waals surface area contributed by atoms with Crippen LogP contribution in [-0.2, 0) is 14.8 Å². The molecule has 0 aliphatic carbocycles. The molecule has 0 spiro atoms. The van der Waals surface area contributed by atoms with Crippen molar-refractivity contribution in [2.45, 2.75) is 24.7 Å². The average molecular weight is 377 g/mol. The summed E-state index contributed by atoms with van der Waals surface area (Å²) in [6, 6.07) is 4.64. The molecule has 1 N–H and O–H groups in total. The van der Waals surface area contributed by atoms with Crippen LogP contribution in [0.2, 0.25) is 0 Å². The van der Waals surface area contributed by atoms with Gasteiger partial charge in [-0.25, -0.2) is 13.2 Å². The lowest BCUT2D eigenvalue weighted by molar-refractivity contribution is 0.0600. The van der Waals surface area contributed by atoms with Gasteiger partial charge in [0.05, 0.1) is 17.6 Å². The minimum Gasteiger partial charge on any atom is -0.465 e. The van der Waals surface area contributed by atoms with Gasteiger partial charge in [0.15, 0.2) is 0 Å². The van der Waals surface area contributed by atoms with Gasteiger partial charge in [-0.05, 0) is 57.0 Å². The smallest absolute Gasteiger partial charge is 0.337 e. The van der Waals surface area contributed by atoms with E-state index in [9.17, 15) is 13.2 Å². The van der Waals surface area contributed by atoms with Crippen molar-refractivity contribution in [1.29, 1.82) is 0 Å². The number of nitrogens with zero attached hydrogens (tertiary/aromatic N) is 1. The third-order valence-electron chi connectivity index (χ3n) is 4.29. The molecule has 1 aromatic rings. The first-order valence-corrected chi connectivity index (χ1v) is 9.18. The van der Waals surface area contributed by atoms with Crippen LogP contribution in [0.25, 0.3) is 0 Å². The highest BCUT2D eigenvalue weighted by Gasteiger charge is 2.30. The zero-order chi connectivity index (χ0) is 17.0. The first kappa shape index (κ1) is 20.9. The minimum atomic E-state index is -3.59. The van der Waals surface area contributed by atoms with Crippen LogP contribution >= 0.6 is 12.4 Å². The molecule has 8 heteroatoms. The van der Waals surface area contributed by atoms with Crippen LogP contribution in [0.15, 0.2) is 23.1 Å². The predicted molar refractivity (Wildman–Crippen MR) is 95.2 cm³/mol. The molecule has 1 aromatic carbocycles. The fourth-order valence-electron chi connectivity index (χ4n) is 2.90. The lowest BCUT2D eigenvalue weighted by atomic mass is 9.98. The monoisotopic (exact) mass is 376 g/mol. The molecule has 0 radical (unpaired) electrons. The molecule has 0 bridgehead atoms. The molecular formula is C16H25ClN2O4S. The molecule has 136 valence electrons. The van der Waals surface area contributed by atoms with E-state index in [1.807, 2.05) is 7.05 Å². The fourth-order valence-corrected chi connectivity index (χ4v) is 4.62. The van der Waals surface area contributed by atoms with Crippen molar-refractivity contribution in [2.24, 2.45) is 5.92 Å². The Morgan fingerprint density at radius 3 is 2.50 bits per heavy atom. The normalized spacial score (nSPS) is 16.5. The highest BCUT2D eigenvalue weighted by atomic mass is 35.5. The SMILES string of the molecule is CNCC1CCN(S(=O)(=O)c2cc(C(=O)OC)ccc2C)CC1.Cl. The van der Waals surface area contributed by atoms with E-state index in [0.717, 1.165) is 19.4 Å². The van der Waals surface area contributed by atoms with Gasteiger partial charge in [0.1, 0.15) is 0 Å². The van der Waals surface area contributed by atoms with Crippen molar-refractivity contribution in [1.82, 2.24) is 9.62 Å². The Morgan fingerprint density at radius 2 is 1.96 bits per heavy atom. The molecule has 1 aliphatic rings. The molecule has 1 heterocycles. The molecule has 0 atom stereocenters. The zero-order valence-electron chi connectivity index (χ0n) is 14.2. The average Bonchev–Trinajstić information content (AvgIpc) is 2.55. The first-order valence-electron chi connectivity index (χ1n) is 7.74. The number of benzene rings is 1. The summed E-state index contributed by atoms with van der Waals surface area (Å²) in [5.74, 6) is -0.0249. The fraction of sp³-hybridized carbons (Fsp3) is 0.562. The zero-order valence-corrected chi connectivity index (χ0v) is 15.9. The number of nitrogens with one attached hydrogen (secondary N) is 1. The quantitative estimate of drug-likeness (QED) is 0.793. The van der Waals surface area contributed by atoms with Crippen molar-refractivity contribution >= 4 is 28.4 Å². The lowest BCUT2D eigenvalue weighted by Gasteiger charge is -2.31.